The number of methoxy groups -OCH3 is 1. The highest BCUT2D eigenvalue weighted by molar-refractivity contribution is 7.99. The first-order chi connectivity index (χ1) is 10.1. The van der Waals surface area contributed by atoms with Crippen LogP contribution in [-0.2, 0) is 16.1 Å². The molecule has 1 N–H and O–H groups in total. The number of hydrogen-bond donors (Lipinski definition) is 1. The summed E-state index contributed by atoms with van der Waals surface area (Å²) in [5.74, 6) is 0.485. The molecule has 0 fully saturated rings. The molecule has 114 valence electrons. The van der Waals surface area contributed by atoms with Crippen LogP contribution in [-0.4, -0.2) is 34.3 Å². The van der Waals surface area contributed by atoms with Crippen LogP contribution in [0.4, 0.5) is 0 Å². The minimum absolute atomic E-state index is 0.187. The molecule has 2 heterocycles. The minimum atomic E-state index is -0.187. The summed E-state index contributed by atoms with van der Waals surface area (Å²) in [6, 6.07) is 6.37. The first-order valence-corrected chi connectivity index (χ1v) is 7.99. The highest BCUT2D eigenvalue weighted by atomic mass is 32.2. The summed E-state index contributed by atoms with van der Waals surface area (Å²) in [6.45, 7) is 4.99. The van der Waals surface area contributed by atoms with Gasteiger partial charge in [0.25, 0.3) is 0 Å². The van der Waals surface area contributed by atoms with Gasteiger partial charge in [0.05, 0.1) is 19.2 Å². The molecular formula is C15H21N3O2S. The molecule has 2 rings (SSSR count). The van der Waals surface area contributed by atoms with Crippen LogP contribution in [0.15, 0.2) is 29.4 Å². The number of aromatic nitrogens is 2. The van der Waals surface area contributed by atoms with Crippen molar-refractivity contribution in [3.63, 3.8) is 0 Å². The summed E-state index contributed by atoms with van der Waals surface area (Å²) in [5, 5.41) is 4.40. The molecular weight excluding hydrogens is 286 g/mol. The van der Waals surface area contributed by atoms with E-state index in [4.69, 9.17) is 0 Å². The van der Waals surface area contributed by atoms with Crippen LogP contribution in [0.3, 0.4) is 0 Å². The van der Waals surface area contributed by atoms with Crippen molar-refractivity contribution in [1.82, 2.24) is 14.7 Å². The number of fused-ring (bicyclic) bond motifs is 1. The third kappa shape index (κ3) is 4.22. The van der Waals surface area contributed by atoms with Crippen molar-refractivity contribution in [3.05, 3.63) is 30.1 Å². The molecule has 2 aromatic heterocycles. The van der Waals surface area contributed by atoms with Crippen molar-refractivity contribution in [2.75, 3.05) is 12.9 Å². The van der Waals surface area contributed by atoms with Gasteiger partial charge in [0.2, 0.25) is 0 Å². The summed E-state index contributed by atoms with van der Waals surface area (Å²) in [4.78, 5) is 15.8. The monoisotopic (exact) mass is 307 g/mol. The number of carbonyl (C=O) groups excluding carboxylic acids is 1. The molecule has 6 heteroatoms. The lowest BCUT2D eigenvalue weighted by Crippen LogP contribution is -2.23. The maximum absolute atomic E-state index is 11.2. The van der Waals surface area contributed by atoms with Crippen molar-refractivity contribution in [2.24, 2.45) is 0 Å². The van der Waals surface area contributed by atoms with Crippen molar-refractivity contribution in [3.8, 4) is 0 Å². The number of nitrogens with zero attached hydrogens (tertiary/aromatic N) is 2. The Balaban J connectivity index is 2.16. The van der Waals surface area contributed by atoms with Crippen LogP contribution in [0.2, 0.25) is 0 Å². The van der Waals surface area contributed by atoms with Gasteiger partial charge in [-0.3, -0.25) is 4.79 Å². The molecule has 0 saturated carbocycles. The molecule has 2 aromatic rings. The number of esters is 1. The Kier molecular flexibility index (Phi) is 5.64. The van der Waals surface area contributed by atoms with Crippen LogP contribution < -0.4 is 5.32 Å². The van der Waals surface area contributed by atoms with E-state index in [1.54, 1.807) is 11.8 Å². The third-order valence-electron chi connectivity index (χ3n) is 3.04. The van der Waals surface area contributed by atoms with Crippen LogP contribution in [0.5, 0.6) is 0 Å². The zero-order valence-electron chi connectivity index (χ0n) is 12.6. The number of hydrogen-bond acceptors (Lipinski definition) is 5. The van der Waals surface area contributed by atoms with E-state index in [2.05, 4.69) is 33.3 Å². The number of carbonyl (C=O) groups is 1. The van der Waals surface area contributed by atoms with E-state index in [1.807, 2.05) is 24.4 Å². The van der Waals surface area contributed by atoms with Gasteiger partial charge in [0, 0.05) is 24.5 Å². The smallest absolute Gasteiger partial charge is 0.306 e. The topological polar surface area (TPSA) is 55.6 Å². The summed E-state index contributed by atoms with van der Waals surface area (Å²) in [6.07, 6.45) is 2.41. The molecule has 0 aromatic carbocycles. The number of nitrogens with one attached hydrogen (secondary N) is 1. The van der Waals surface area contributed by atoms with E-state index in [9.17, 15) is 4.79 Å². The van der Waals surface area contributed by atoms with Gasteiger partial charge in [-0.1, -0.05) is 19.9 Å². The first kappa shape index (κ1) is 15.9. The molecule has 0 unspecified atom stereocenters. The molecule has 0 amide bonds. The predicted octanol–water partition coefficient (Wildman–Crippen LogP) is 2.49. The third-order valence-corrected chi connectivity index (χ3v) is 4.05. The van der Waals surface area contributed by atoms with E-state index in [-0.39, 0.29) is 5.97 Å². The van der Waals surface area contributed by atoms with E-state index in [1.165, 1.54) is 7.11 Å². The SMILES string of the molecule is COC(=O)CCSc1nc2ccccn2c1CNC(C)C. The molecule has 0 bridgehead atoms. The second kappa shape index (κ2) is 7.47. The molecule has 21 heavy (non-hydrogen) atoms. The summed E-state index contributed by atoms with van der Waals surface area (Å²) in [5.41, 5.74) is 2.06. The van der Waals surface area contributed by atoms with Crippen LogP contribution in [0, 0.1) is 0 Å². The summed E-state index contributed by atoms with van der Waals surface area (Å²) >= 11 is 1.60. The van der Waals surface area contributed by atoms with Gasteiger partial charge in [-0.15, -0.1) is 11.8 Å². The van der Waals surface area contributed by atoms with Gasteiger partial charge >= 0.3 is 5.97 Å². The Morgan fingerprint density at radius 3 is 3.00 bits per heavy atom. The molecule has 0 aliphatic rings. The summed E-state index contributed by atoms with van der Waals surface area (Å²) in [7, 11) is 1.41. The molecule has 0 spiro atoms. The van der Waals surface area contributed by atoms with Gasteiger partial charge in [0.15, 0.2) is 0 Å². The van der Waals surface area contributed by atoms with E-state index >= 15 is 0 Å². The number of thioether (sulfide) groups is 1. The lowest BCUT2D eigenvalue weighted by Gasteiger charge is -2.09. The Morgan fingerprint density at radius 2 is 2.29 bits per heavy atom. The van der Waals surface area contributed by atoms with Crippen molar-refractivity contribution in [2.45, 2.75) is 37.9 Å². The van der Waals surface area contributed by atoms with Gasteiger partial charge in [-0.25, -0.2) is 4.98 Å². The average molecular weight is 307 g/mol. The van der Waals surface area contributed by atoms with E-state index in [0.717, 1.165) is 22.9 Å². The normalized spacial score (nSPS) is 11.2. The zero-order valence-corrected chi connectivity index (χ0v) is 13.4. The molecule has 0 aliphatic carbocycles. The fourth-order valence-electron chi connectivity index (χ4n) is 1.94. The predicted molar refractivity (Wildman–Crippen MR) is 84.5 cm³/mol. The van der Waals surface area contributed by atoms with Gasteiger partial charge in [-0.05, 0) is 12.1 Å². The highest BCUT2D eigenvalue weighted by Gasteiger charge is 2.13. The molecule has 0 aliphatic heterocycles. The molecule has 5 nitrogen and oxygen atoms in total. The second-order valence-electron chi connectivity index (χ2n) is 5.00. The Hall–Kier alpha value is -1.53. The Labute approximate surface area is 129 Å². The quantitative estimate of drug-likeness (QED) is 0.629. The number of pyridine rings is 1. The Morgan fingerprint density at radius 1 is 1.48 bits per heavy atom. The largest absolute Gasteiger partial charge is 0.469 e. The van der Waals surface area contributed by atoms with Crippen molar-refractivity contribution >= 4 is 23.4 Å². The lowest BCUT2D eigenvalue weighted by atomic mass is 10.3. The maximum Gasteiger partial charge on any atom is 0.306 e. The maximum atomic E-state index is 11.2. The standard InChI is InChI=1S/C15H21N3O2S/c1-11(2)16-10-12-15(21-9-7-14(19)20-3)17-13-6-4-5-8-18(12)13/h4-6,8,11,16H,7,9-10H2,1-3H3. The average Bonchev–Trinajstić information content (AvgIpc) is 2.82. The van der Waals surface area contributed by atoms with Crippen LogP contribution >= 0.6 is 11.8 Å². The molecule has 0 radical (unpaired) electrons. The summed E-state index contributed by atoms with van der Waals surface area (Å²) < 4.78 is 6.76. The number of imidazole rings is 1. The number of ether oxygens (including phenoxy) is 1. The molecule has 0 atom stereocenters. The van der Waals surface area contributed by atoms with Gasteiger partial charge in [0.1, 0.15) is 10.7 Å². The van der Waals surface area contributed by atoms with E-state index < -0.39 is 0 Å². The van der Waals surface area contributed by atoms with Gasteiger partial charge in [-0.2, -0.15) is 0 Å². The van der Waals surface area contributed by atoms with Crippen LogP contribution in [0.1, 0.15) is 26.0 Å². The second-order valence-corrected chi connectivity index (χ2v) is 6.09. The number of rotatable bonds is 7. The zero-order chi connectivity index (χ0) is 15.2. The Bertz CT molecular complexity index is 610. The highest BCUT2D eigenvalue weighted by Crippen LogP contribution is 2.24. The van der Waals surface area contributed by atoms with Crippen molar-refractivity contribution in [1.29, 1.82) is 0 Å². The van der Waals surface area contributed by atoms with Crippen molar-refractivity contribution < 1.29 is 9.53 Å². The van der Waals surface area contributed by atoms with Crippen LogP contribution in [0.25, 0.3) is 5.65 Å². The fraction of sp³-hybridized carbons (Fsp3) is 0.467. The first-order valence-electron chi connectivity index (χ1n) is 7.00. The fourth-order valence-corrected chi connectivity index (χ4v) is 2.89. The minimum Gasteiger partial charge on any atom is -0.469 e. The van der Waals surface area contributed by atoms with E-state index in [0.29, 0.717) is 18.2 Å². The lowest BCUT2D eigenvalue weighted by molar-refractivity contribution is -0.140. The van der Waals surface area contributed by atoms with Gasteiger partial charge < -0.3 is 14.5 Å². The molecule has 0 saturated heterocycles.